The molecular formula is C26H24F3N5O6S. The third-order valence-electron chi connectivity index (χ3n) is 6.74. The largest absolute Gasteiger partial charge is 0.573 e. The standard InChI is InChI=1S/C26H24F3N5O6S/c27-26(28,29)40-18-3-1-16(2-4-18)38-17-7-10-32(11-8-17)25-30-21-6-5-19(13-22(21)41-25)37-15-20-9-12-33-14-23(34(35)36)31-24(33)39-20/h1-6,13-14,17,20H,7-12,15H2/t20-/m1/s1. The highest BCUT2D eigenvalue weighted by atomic mass is 32.1. The molecule has 4 heterocycles. The van der Waals surface area contributed by atoms with E-state index >= 15 is 0 Å². The second-order valence-corrected chi connectivity index (χ2v) is 10.6. The highest BCUT2D eigenvalue weighted by molar-refractivity contribution is 7.22. The number of imidazole rings is 1. The summed E-state index contributed by atoms with van der Waals surface area (Å²) in [7, 11) is 0. The van der Waals surface area contributed by atoms with Crippen LogP contribution in [0.25, 0.3) is 10.2 Å². The fraction of sp³-hybridized carbons (Fsp3) is 0.385. The Morgan fingerprint density at radius 3 is 2.49 bits per heavy atom. The Balaban J connectivity index is 1.01. The number of nitrogens with zero attached hydrogens (tertiary/aromatic N) is 5. The van der Waals surface area contributed by atoms with Crippen molar-refractivity contribution in [2.75, 3.05) is 24.6 Å². The fourth-order valence-corrected chi connectivity index (χ4v) is 5.77. The Morgan fingerprint density at radius 1 is 1.02 bits per heavy atom. The lowest BCUT2D eigenvalue weighted by atomic mass is 10.1. The molecule has 0 bridgehead atoms. The number of hydrogen-bond donors (Lipinski definition) is 0. The van der Waals surface area contributed by atoms with Gasteiger partial charge in [-0.25, -0.2) is 4.98 Å². The Bertz CT molecular complexity index is 1530. The minimum Gasteiger partial charge on any atom is -0.490 e. The van der Waals surface area contributed by atoms with E-state index in [1.165, 1.54) is 30.5 Å². The van der Waals surface area contributed by atoms with E-state index in [1.807, 2.05) is 18.2 Å². The molecule has 1 atom stereocenters. The number of piperidine rings is 1. The lowest BCUT2D eigenvalue weighted by Gasteiger charge is -2.31. The maximum Gasteiger partial charge on any atom is 0.573 e. The highest BCUT2D eigenvalue weighted by Gasteiger charge is 2.31. The Hall–Kier alpha value is -4.27. The van der Waals surface area contributed by atoms with Crippen LogP contribution >= 0.6 is 11.3 Å². The molecule has 0 radical (unpaired) electrons. The van der Waals surface area contributed by atoms with Crippen LogP contribution in [0.1, 0.15) is 19.3 Å². The molecule has 0 N–H and O–H groups in total. The molecule has 15 heteroatoms. The van der Waals surface area contributed by atoms with Crippen molar-refractivity contribution in [1.82, 2.24) is 14.5 Å². The number of rotatable bonds is 8. The van der Waals surface area contributed by atoms with Gasteiger partial charge < -0.3 is 34.0 Å². The van der Waals surface area contributed by atoms with Gasteiger partial charge in [-0.3, -0.25) is 4.57 Å². The molecule has 2 aliphatic heterocycles. The van der Waals surface area contributed by atoms with Crippen LogP contribution in [0.2, 0.25) is 0 Å². The van der Waals surface area contributed by atoms with Crippen LogP contribution in [-0.2, 0) is 6.54 Å². The van der Waals surface area contributed by atoms with Gasteiger partial charge in [-0.1, -0.05) is 11.3 Å². The number of fused-ring (bicyclic) bond motifs is 2. The van der Waals surface area contributed by atoms with E-state index in [9.17, 15) is 23.3 Å². The lowest BCUT2D eigenvalue weighted by molar-refractivity contribution is -0.389. The molecule has 1 saturated heterocycles. The lowest BCUT2D eigenvalue weighted by Crippen LogP contribution is -2.38. The summed E-state index contributed by atoms with van der Waals surface area (Å²) in [4.78, 5) is 21.3. The summed E-state index contributed by atoms with van der Waals surface area (Å²) in [5, 5.41) is 11.8. The summed E-state index contributed by atoms with van der Waals surface area (Å²) in [6.45, 7) is 2.31. The van der Waals surface area contributed by atoms with Gasteiger partial charge in [0.15, 0.2) is 5.13 Å². The number of anilines is 1. The van der Waals surface area contributed by atoms with Crippen LogP contribution in [0.5, 0.6) is 23.3 Å². The summed E-state index contributed by atoms with van der Waals surface area (Å²) >= 11 is 1.57. The minimum atomic E-state index is -4.73. The van der Waals surface area contributed by atoms with E-state index in [1.54, 1.807) is 15.9 Å². The Kier molecular flexibility index (Phi) is 7.19. The molecule has 0 unspecified atom stereocenters. The van der Waals surface area contributed by atoms with Gasteiger partial charge in [-0.2, -0.15) is 0 Å². The number of aryl methyl sites for hydroxylation is 1. The first kappa shape index (κ1) is 26.9. The average Bonchev–Trinajstić information content (AvgIpc) is 3.56. The number of nitro groups is 1. The van der Waals surface area contributed by atoms with Gasteiger partial charge in [0.1, 0.15) is 42.3 Å². The van der Waals surface area contributed by atoms with Crippen LogP contribution in [-0.4, -0.2) is 57.7 Å². The van der Waals surface area contributed by atoms with Gasteiger partial charge in [0.05, 0.1) is 10.2 Å². The number of halogens is 3. The predicted octanol–water partition coefficient (Wildman–Crippen LogP) is 5.58. The van der Waals surface area contributed by atoms with Crippen molar-refractivity contribution in [2.24, 2.45) is 0 Å². The van der Waals surface area contributed by atoms with Gasteiger partial charge in [0.2, 0.25) is 0 Å². The molecule has 1 fully saturated rings. The number of benzene rings is 2. The van der Waals surface area contributed by atoms with Crippen LogP contribution < -0.4 is 23.8 Å². The van der Waals surface area contributed by atoms with Gasteiger partial charge in [0.25, 0.3) is 0 Å². The average molecular weight is 592 g/mol. The molecule has 216 valence electrons. The zero-order valence-corrected chi connectivity index (χ0v) is 22.3. The fourth-order valence-electron chi connectivity index (χ4n) is 4.72. The molecular weight excluding hydrogens is 567 g/mol. The molecule has 2 aliphatic rings. The van der Waals surface area contributed by atoms with Crippen molar-refractivity contribution < 1.29 is 37.0 Å². The minimum absolute atomic E-state index is 0.0544. The molecule has 0 saturated carbocycles. The first-order chi connectivity index (χ1) is 19.7. The monoisotopic (exact) mass is 591 g/mol. The molecule has 41 heavy (non-hydrogen) atoms. The number of alkyl halides is 3. The van der Waals surface area contributed by atoms with E-state index in [-0.39, 0.29) is 36.4 Å². The van der Waals surface area contributed by atoms with Crippen LogP contribution in [0, 0.1) is 10.1 Å². The number of ether oxygens (including phenoxy) is 4. The van der Waals surface area contributed by atoms with Gasteiger partial charge in [0, 0.05) is 43.9 Å². The van der Waals surface area contributed by atoms with Crippen molar-refractivity contribution in [2.45, 2.75) is 44.4 Å². The van der Waals surface area contributed by atoms with Crippen molar-refractivity contribution in [1.29, 1.82) is 0 Å². The molecule has 4 aromatic rings. The van der Waals surface area contributed by atoms with E-state index < -0.39 is 11.3 Å². The van der Waals surface area contributed by atoms with Gasteiger partial charge in [-0.05, 0) is 47.4 Å². The van der Waals surface area contributed by atoms with E-state index in [4.69, 9.17) is 19.2 Å². The van der Waals surface area contributed by atoms with Crippen molar-refractivity contribution >= 4 is 32.5 Å². The van der Waals surface area contributed by atoms with E-state index in [2.05, 4.69) is 14.6 Å². The number of thiazole rings is 1. The quantitative estimate of drug-likeness (QED) is 0.191. The van der Waals surface area contributed by atoms with Crippen LogP contribution in [0.3, 0.4) is 0 Å². The number of hydrogen-bond acceptors (Lipinski definition) is 10. The summed E-state index contributed by atoms with van der Waals surface area (Å²) in [6, 6.07) is 11.3. The van der Waals surface area contributed by atoms with Crippen molar-refractivity contribution in [3.63, 3.8) is 0 Å². The maximum absolute atomic E-state index is 12.4. The second kappa shape index (κ2) is 11.0. The van der Waals surface area contributed by atoms with Crippen LogP contribution in [0.4, 0.5) is 24.1 Å². The Labute approximate surface area is 235 Å². The van der Waals surface area contributed by atoms with Crippen molar-refractivity contribution in [3.05, 3.63) is 58.8 Å². The molecule has 11 nitrogen and oxygen atoms in total. The SMILES string of the molecule is O=[N+]([O-])c1cn2c(n1)O[C@@H](COc1ccc3nc(N4CCC(Oc5ccc(OC(F)(F)F)cc5)CC4)sc3c1)CC2. The summed E-state index contributed by atoms with van der Waals surface area (Å²) in [5.41, 5.74) is 0.861. The van der Waals surface area contributed by atoms with Gasteiger partial charge >= 0.3 is 18.2 Å². The molecule has 6 rings (SSSR count). The number of aromatic nitrogens is 3. The zero-order valence-electron chi connectivity index (χ0n) is 21.5. The topological polar surface area (TPSA) is 114 Å². The predicted molar refractivity (Wildman–Crippen MR) is 142 cm³/mol. The summed E-state index contributed by atoms with van der Waals surface area (Å²) in [5.74, 6) is 0.649. The summed E-state index contributed by atoms with van der Waals surface area (Å²) in [6.07, 6.45) is -1.55. The first-order valence-corrected chi connectivity index (χ1v) is 13.7. The summed E-state index contributed by atoms with van der Waals surface area (Å²) < 4.78 is 61.3. The second-order valence-electron chi connectivity index (χ2n) is 9.62. The smallest absolute Gasteiger partial charge is 0.490 e. The maximum atomic E-state index is 12.4. The first-order valence-electron chi connectivity index (χ1n) is 12.9. The molecule has 0 spiro atoms. The molecule has 0 amide bonds. The molecule has 2 aromatic carbocycles. The highest BCUT2D eigenvalue weighted by Crippen LogP contribution is 2.34. The van der Waals surface area contributed by atoms with E-state index in [0.717, 1.165) is 41.3 Å². The third kappa shape index (κ3) is 6.39. The normalized spacial score (nSPS) is 17.6. The van der Waals surface area contributed by atoms with Crippen LogP contribution in [0.15, 0.2) is 48.7 Å². The zero-order chi connectivity index (χ0) is 28.6. The Morgan fingerprint density at radius 2 is 1.76 bits per heavy atom. The van der Waals surface area contributed by atoms with Crippen molar-refractivity contribution in [3.8, 4) is 23.3 Å². The molecule has 0 aliphatic carbocycles. The van der Waals surface area contributed by atoms with E-state index in [0.29, 0.717) is 24.5 Å². The molecule has 2 aromatic heterocycles. The van der Waals surface area contributed by atoms with Gasteiger partial charge in [-0.15, -0.1) is 13.2 Å². The third-order valence-corrected chi connectivity index (χ3v) is 7.81.